The lowest BCUT2D eigenvalue weighted by atomic mass is 9.76. The van der Waals surface area contributed by atoms with Crippen LogP contribution in [-0.4, -0.2) is 70.6 Å². The van der Waals surface area contributed by atoms with E-state index in [1.54, 1.807) is 4.90 Å². The first-order valence-electron chi connectivity index (χ1n) is 12.1. The van der Waals surface area contributed by atoms with Crippen molar-refractivity contribution in [1.29, 1.82) is 0 Å². The van der Waals surface area contributed by atoms with Gasteiger partial charge in [-0.05, 0) is 71.2 Å². The standard InChI is InChI=1S/C25H36F3N3O3/c1-5-22(32)19-14-18(30(4)15(2)3)9-10-21(19)31-12-11-20(24(31)34)29-23(33)16-7-6-8-17(13-16)25(26,27)28/h6-8,13,15,18-22,32H,5,9-12,14H2,1-4H3,(H,29,33)/t18-,19+,20?,21+,22?/m1/s1. The zero-order chi connectivity index (χ0) is 25.2. The first-order valence-corrected chi connectivity index (χ1v) is 12.1. The molecule has 5 atom stereocenters. The Labute approximate surface area is 199 Å². The molecule has 190 valence electrons. The van der Waals surface area contributed by atoms with Gasteiger partial charge in [-0.15, -0.1) is 0 Å². The van der Waals surface area contributed by atoms with Gasteiger partial charge >= 0.3 is 6.18 Å². The number of nitrogens with zero attached hydrogens (tertiary/aromatic N) is 2. The summed E-state index contributed by atoms with van der Waals surface area (Å²) in [5, 5.41) is 13.4. The van der Waals surface area contributed by atoms with E-state index in [1.807, 2.05) is 6.92 Å². The van der Waals surface area contributed by atoms with Crippen LogP contribution >= 0.6 is 0 Å². The Hall–Kier alpha value is -2.13. The minimum atomic E-state index is -4.55. The number of carbonyl (C=O) groups excluding carboxylic acids is 2. The summed E-state index contributed by atoms with van der Waals surface area (Å²) >= 11 is 0. The van der Waals surface area contributed by atoms with E-state index in [-0.39, 0.29) is 23.4 Å². The summed E-state index contributed by atoms with van der Waals surface area (Å²) in [4.78, 5) is 29.9. The Morgan fingerprint density at radius 2 is 1.97 bits per heavy atom. The highest BCUT2D eigenvalue weighted by Crippen LogP contribution is 2.36. The minimum Gasteiger partial charge on any atom is -0.393 e. The average Bonchev–Trinajstić information content (AvgIpc) is 3.16. The third kappa shape index (κ3) is 5.74. The van der Waals surface area contributed by atoms with Gasteiger partial charge in [0.2, 0.25) is 5.91 Å². The Morgan fingerprint density at radius 1 is 1.26 bits per heavy atom. The maximum Gasteiger partial charge on any atom is 0.416 e. The number of hydrogen-bond donors (Lipinski definition) is 2. The van der Waals surface area contributed by atoms with E-state index in [9.17, 15) is 27.9 Å². The van der Waals surface area contributed by atoms with Gasteiger partial charge < -0.3 is 20.2 Å². The third-order valence-electron chi connectivity index (χ3n) is 7.53. The summed E-state index contributed by atoms with van der Waals surface area (Å²) in [6.45, 7) is 6.66. The summed E-state index contributed by atoms with van der Waals surface area (Å²) < 4.78 is 39.0. The second kappa shape index (κ2) is 10.6. The molecule has 1 saturated heterocycles. The van der Waals surface area contributed by atoms with Crippen LogP contribution in [0.5, 0.6) is 0 Å². The smallest absolute Gasteiger partial charge is 0.393 e. The summed E-state index contributed by atoms with van der Waals surface area (Å²) in [5.74, 6) is -0.986. The first kappa shape index (κ1) is 26.5. The zero-order valence-corrected chi connectivity index (χ0v) is 20.3. The van der Waals surface area contributed by atoms with Crippen molar-refractivity contribution in [3.63, 3.8) is 0 Å². The SMILES string of the molecule is CCC(O)[C@H]1C[C@H](N(C)C(C)C)CC[C@@H]1N1CCC(NC(=O)c2cccc(C(F)(F)F)c2)C1=O. The molecule has 3 rings (SSSR count). The van der Waals surface area contributed by atoms with Gasteiger partial charge in [0.05, 0.1) is 11.7 Å². The highest BCUT2D eigenvalue weighted by molar-refractivity contribution is 5.98. The van der Waals surface area contributed by atoms with E-state index in [4.69, 9.17) is 0 Å². The molecule has 0 spiro atoms. The van der Waals surface area contributed by atoms with E-state index in [2.05, 4.69) is 31.1 Å². The van der Waals surface area contributed by atoms with E-state index in [0.717, 1.165) is 31.4 Å². The fourth-order valence-electron chi connectivity index (χ4n) is 5.30. The van der Waals surface area contributed by atoms with E-state index < -0.39 is 29.8 Å². The quantitative estimate of drug-likeness (QED) is 0.621. The molecular formula is C25H36F3N3O3. The number of alkyl halides is 3. The lowest BCUT2D eigenvalue weighted by Gasteiger charge is -2.46. The van der Waals surface area contributed by atoms with Crippen LogP contribution in [0.2, 0.25) is 0 Å². The Balaban J connectivity index is 1.69. The number of rotatable bonds is 7. The molecule has 2 N–H and O–H groups in total. The predicted octanol–water partition coefficient (Wildman–Crippen LogP) is 3.68. The normalized spacial score (nSPS) is 26.9. The van der Waals surface area contributed by atoms with Crippen molar-refractivity contribution < 1.29 is 27.9 Å². The Kier molecular flexibility index (Phi) is 8.29. The zero-order valence-electron chi connectivity index (χ0n) is 20.3. The van der Waals surface area contributed by atoms with Gasteiger partial charge in [0.1, 0.15) is 6.04 Å². The number of likely N-dealkylation sites (tertiary alicyclic amines) is 1. The molecule has 1 aromatic rings. The van der Waals surface area contributed by atoms with Gasteiger partial charge in [-0.2, -0.15) is 13.2 Å². The van der Waals surface area contributed by atoms with Crippen molar-refractivity contribution in [3.8, 4) is 0 Å². The molecule has 0 radical (unpaired) electrons. The number of halogens is 3. The second-order valence-electron chi connectivity index (χ2n) is 9.86. The van der Waals surface area contributed by atoms with Crippen molar-refractivity contribution in [2.24, 2.45) is 5.92 Å². The van der Waals surface area contributed by atoms with Crippen LogP contribution in [0.4, 0.5) is 13.2 Å². The summed E-state index contributed by atoms with van der Waals surface area (Å²) in [6, 6.07) is 4.01. The number of benzene rings is 1. The second-order valence-corrected chi connectivity index (χ2v) is 9.86. The molecular weight excluding hydrogens is 447 g/mol. The fourth-order valence-corrected chi connectivity index (χ4v) is 5.30. The molecule has 2 fully saturated rings. The topological polar surface area (TPSA) is 72.9 Å². The van der Waals surface area contributed by atoms with Crippen LogP contribution in [0.25, 0.3) is 0 Å². The molecule has 1 aliphatic heterocycles. The van der Waals surface area contributed by atoms with Gasteiger partial charge in [0.25, 0.3) is 5.91 Å². The molecule has 9 heteroatoms. The van der Waals surface area contributed by atoms with Gasteiger partial charge in [-0.3, -0.25) is 9.59 Å². The number of amides is 2. The third-order valence-corrected chi connectivity index (χ3v) is 7.53. The average molecular weight is 484 g/mol. The molecule has 1 aliphatic carbocycles. The number of aliphatic hydroxyl groups is 1. The molecule has 0 bridgehead atoms. The first-order chi connectivity index (χ1) is 15.9. The van der Waals surface area contributed by atoms with Gasteiger partial charge in [0, 0.05) is 36.2 Å². The Bertz CT molecular complexity index is 876. The highest BCUT2D eigenvalue weighted by Gasteiger charge is 2.44. The molecule has 2 amide bonds. The van der Waals surface area contributed by atoms with Gasteiger partial charge in [-0.1, -0.05) is 13.0 Å². The molecule has 0 aromatic heterocycles. The molecule has 6 nitrogen and oxygen atoms in total. The maximum absolute atomic E-state index is 13.2. The number of nitrogens with one attached hydrogen (secondary N) is 1. The minimum absolute atomic E-state index is 0.0631. The van der Waals surface area contributed by atoms with Crippen LogP contribution in [0, 0.1) is 5.92 Å². The van der Waals surface area contributed by atoms with E-state index in [0.29, 0.717) is 31.5 Å². The molecule has 2 unspecified atom stereocenters. The van der Waals surface area contributed by atoms with Crippen molar-refractivity contribution >= 4 is 11.8 Å². The number of hydrogen-bond acceptors (Lipinski definition) is 4. The lowest BCUT2D eigenvalue weighted by Crippen LogP contribution is -2.54. The van der Waals surface area contributed by atoms with Crippen molar-refractivity contribution in [1.82, 2.24) is 15.1 Å². The van der Waals surface area contributed by atoms with Crippen molar-refractivity contribution in [2.75, 3.05) is 13.6 Å². The van der Waals surface area contributed by atoms with Crippen LogP contribution in [0.1, 0.15) is 68.8 Å². The summed E-state index contributed by atoms with van der Waals surface area (Å²) in [7, 11) is 2.09. The van der Waals surface area contributed by atoms with Crippen molar-refractivity contribution in [2.45, 2.75) is 89.3 Å². The van der Waals surface area contributed by atoms with Crippen LogP contribution in [-0.2, 0) is 11.0 Å². The number of aliphatic hydroxyl groups excluding tert-OH is 1. The molecule has 1 heterocycles. The molecule has 1 saturated carbocycles. The van der Waals surface area contributed by atoms with Gasteiger partial charge in [0.15, 0.2) is 0 Å². The van der Waals surface area contributed by atoms with Crippen LogP contribution in [0.3, 0.4) is 0 Å². The monoisotopic (exact) mass is 483 g/mol. The fraction of sp³-hybridized carbons (Fsp3) is 0.680. The molecule has 34 heavy (non-hydrogen) atoms. The summed E-state index contributed by atoms with van der Waals surface area (Å²) in [5.41, 5.74) is -1.03. The van der Waals surface area contributed by atoms with Crippen LogP contribution < -0.4 is 5.32 Å². The number of carbonyl (C=O) groups is 2. The van der Waals surface area contributed by atoms with Crippen molar-refractivity contribution in [3.05, 3.63) is 35.4 Å². The highest BCUT2D eigenvalue weighted by atomic mass is 19.4. The van der Waals surface area contributed by atoms with Crippen LogP contribution in [0.15, 0.2) is 24.3 Å². The summed E-state index contributed by atoms with van der Waals surface area (Å²) in [6.07, 6.45) is -1.62. The lowest BCUT2D eigenvalue weighted by molar-refractivity contribution is -0.137. The van der Waals surface area contributed by atoms with Gasteiger partial charge in [-0.25, -0.2) is 0 Å². The molecule has 2 aliphatic rings. The predicted molar refractivity (Wildman–Crippen MR) is 123 cm³/mol. The largest absolute Gasteiger partial charge is 0.416 e. The molecule has 1 aromatic carbocycles. The Morgan fingerprint density at radius 3 is 2.59 bits per heavy atom. The van der Waals surface area contributed by atoms with E-state index >= 15 is 0 Å². The van der Waals surface area contributed by atoms with E-state index in [1.165, 1.54) is 12.1 Å². The maximum atomic E-state index is 13.2.